The summed E-state index contributed by atoms with van der Waals surface area (Å²) in [6.45, 7) is 4.03. The fourth-order valence-electron chi connectivity index (χ4n) is 1.93. The number of benzene rings is 2. The quantitative estimate of drug-likeness (QED) is 0.335. The average Bonchev–Trinajstić information content (AvgIpc) is 2.49. The number of nitrogens with two attached hydrogens (primary N) is 1. The van der Waals surface area contributed by atoms with Crippen molar-refractivity contribution < 1.29 is 4.79 Å². The molecule has 0 radical (unpaired) electrons. The maximum absolute atomic E-state index is 11.9. The molecule has 0 saturated heterocycles. The highest BCUT2D eigenvalue weighted by atomic mass is 127. The molecule has 1 amide bonds. The van der Waals surface area contributed by atoms with Gasteiger partial charge in [0.1, 0.15) is 6.54 Å². The smallest absolute Gasteiger partial charge is 0.246 e. The van der Waals surface area contributed by atoms with Crippen LogP contribution in [0.2, 0.25) is 0 Å². The lowest BCUT2D eigenvalue weighted by Crippen LogP contribution is -2.25. The Hall–Kier alpha value is -1.61. The third-order valence-electron chi connectivity index (χ3n) is 3.28. The maximum Gasteiger partial charge on any atom is 0.246 e. The van der Waals surface area contributed by atoms with E-state index in [1.54, 1.807) is 0 Å². The number of aliphatic imine (C=N–C) groups is 1. The molecule has 0 aliphatic heterocycles. The van der Waals surface area contributed by atoms with Gasteiger partial charge in [-0.05, 0) is 55.3 Å². The first-order valence-corrected chi connectivity index (χ1v) is 7.93. The predicted molar refractivity (Wildman–Crippen MR) is 114 cm³/mol. The van der Waals surface area contributed by atoms with Crippen LogP contribution in [0.4, 0.5) is 11.4 Å². The normalized spacial score (nSPS) is 10.7. The van der Waals surface area contributed by atoms with Crippen molar-refractivity contribution in [2.75, 3.05) is 17.2 Å². The Balaban J connectivity index is 0.00000288. The summed E-state index contributed by atoms with van der Waals surface area (Å²) in [5.74, 6) is -0.0226. The molecular formula is C17H20BrIN4O. The fraction of sp³-hybridized carbons (Fsp3) is 0.176. The molecule has 0 aliphatic rings. The molecule has 24 heavy (non-hydrogen) atoms. The molecule has 2 rings (SSSR count). The van der Waals surface area contributed by atoms with Gasteiger partial charge in [-0.15, -0.1) is 24.0 Å². The molecule has 0 saturated carbocycles. The van der Waals surface area contributed by atoms with E-state index in [-0.39, 0.29) is 42.4 Å². The third-order valence-corrected chi connectivity index (χ3v) is 3.77. The Labute approximate surface area is 167 Å². The lowest BCUT2D eigenvalue weighted by Gasteiger charge is -2.08. The third kappa shape index (κ3) is 6.48. The van der Waals surface area contributed by atoms with Crippen LogP contribution in [0.1, 0.15) is 11.1 Å². The number of aryl methyl sites for hydroxylation is 2. The van der Waals surface area contributed by atoms with Crippen molar-refractivity contribution in [2.45, 2.75) is 13.8 Å². The van der Waals surface area contributed by atoms with Crippen molar-refractivity contribution in [3.63, 3.8) is 0 Å². The predicted octanol–water partition coefficient (Wildman–Crippen LogP) is 4.05. The number of carbonyl (C=O) groups excluding carboxylic acids is 1. The minimum absolute atomic E-state index is 0. The summed E-state index contributed by atoms with van der Waals surface area (Å²) in [6, 6.07) is 13.3. The SMILES string of the molecule is Cc1ccc(NC(N)=NCC(=O)Nc2cccc(Br)c2)cc1C.I. The summed E-state index contributed by atoms with van der Waals surface area (Å²) in [6.07, 6.45) is 0. The second-order valence-corrected chi connectivity index (χ2v) is 6.10. The summed E-state index contributed by atoms with van der Waals surface area (Å²) in [5, 5.41) is 5.74. The fourth-order valence-corrected chi connectivity index (χ4v) is 2.33. The van der Waals surface area contributed by atoms with Gasteiger partial charge in [-0.2, -0.15) is 0 Å². The molecule has 4 N–H and O–H groups in total. The molecule has 0 fully saturated rings. The van der Waals surface area contributed by atoms with Crippen LogP contribution in [0.5, 0.6) is 0 Å². The number of amides is 1. The summed E-state index contributed by atoms with van der Waals surface area (Å²) >= 11 is 3.35. The van der Waals surface area contributed by atoms with E-state index in [1.165, 1.54) is 5.56 Å². The first-order chi connectivity index (χ1) is 10.9. The number of carbonyl (C=O) groups is 1. The van der Waals surface area contributed by atoms with E-state index in [0.717, 1.165) is 15.7 Å². The zero-order valence-corrected chi connectivity index (χ0v) is 17.4. The molecule has 5 nitrogen and oxygen atoms in total. The van der Waals surface area contributed by atoms with E-state index in [0.29, 0.717) is 5.69 Å². The van der Waals surface area contributed by atoms with Crippen molar-refractivity contribution in [3.05, 3.63) is 58.1 Å². The van der Waals surface area contributed by atoms with Crippen molar-refractivity contribution in [3.8, 4) is 0 Å². The van der Waals surface area contributed by atoms with Gasteiger partial charge >= 0.3 is 0 Å². The van der Waals surface area contributed by atoms with Gasteiger partial charge < -0.3 is 16.4 Å². The van der Waals surface area contributed by atoms with E-state index in [2.05, 4.69) is 31.6 Å². The van der Waals surface area contributed by atoms with Crippen LogP contribution in [-0.2, 0) is 4.79 Å². The summed E-state index contributed by atoms with van der Waals surface area (Å²) in [7, 11) is 0. The standard InChI is InChI=1S/C17H19BrN4O.HI/c1-11-6-7-15(8-12(11)2)22-17(19)20-10-16(23)21-14-5-3-4-13(18)9-14;/h3-9H,10H2,1-2H3,(H,21,23)(H3,19,20,22);1H. The molecule has 128 valence electrons. The summed E-state index contributed by atoms with van der Waals surface area (Å²) < 4.78 is 0.898. The first kappa shape index (κ1) is 20.4. The van der Waals surface area contributed by atoms with Crippen molar-refractivity contribution in [2.24, 2.45) is 10.7 Å². The highest BCUT2D eigenvalue weighted by molar-refractivity contribution is 14.0. The lowest BCUT2D eigenvalue weighted by atomic mass is 10.1. The Kier molecular flexibility index (Phi) is 8.20. The minimum atomic E-state index is -0.229. The van der Waals surface area contributed by atoms with Crippen LogP contribution in [-0.4, -0.2) is 18.4 Å². The topological polar surface area (TPSA) is 79.5 Å². The Morgan fingerprint density at radius 1 is 1.08 bits per heavy atom. The zero-order valence-electron chi connectivity index (χ0n) is 13.5. The number of nitrogens with one attached hydrogen (secondary N) is 2. The van der Waals surface area contributed by atoms with Gasteiger partial charge in [0.15, 0.2) is 5.96 Å². The van der Waals surface area contributed by atoms with Crippen LogP contribution < -0.4 is 16.4 Å². The number of hydrogen-bond acceptors (Lipinski definition) is 2. The zero-order chi connectivity index (χ0) is 16.8. The maximum atomic E-state index is 11.9. The minimum Gasteiger partial charge on any atom is -0.370 e. The molecule has 0 heterocycles. The number of rotatable bonds is 4. The van der Waals surface area contributed by atoms with E-state index in [9.17, 15) is 4.79 Å². The molecule has 0 aromatic heterocycles. The molecule has 0 spiro atoms. The molecule has 2 aromatic carbocycles. The van der Waals surface area contributed by atoms with E-state index < -0.39 is 0 Å². The second-order valence-electron chi connectivity index (χ2n) is 5.18. The second kappa shape index (κ2) is 9.63. The monoisotopic (exact) mass is 502 g/mol. The first-order valence-electron chi connectivity index (χ1n) is 7.13. The Morgan fingerprint density at radius 2 is 1.79 bits per heavy atom. The number of halogens is 2. The van der Waals surface area contributed by atoms with Crippen LogP contribution in [0.25, 0.3) is 0 Å². The van der Waals surface area contributed by atoms with Crippen LogP contribution in [0, 0.1) is 13.8 Å². The summed E-state index contributed by atoms with van der Waals surface area (Å²) in [5.41, 5.74) is 9.74. The number of guanidine groups is 1. The van der Waals surface area contributed by atoms with Crippen molar-refractivity contribution in [1.29, 1.82) is 0 Å². The average molecular weight is 503 g/mol. The molecule has 0 unspecified atom stereocenters. The van der Waals surface area contributed by atoms with Gasteiger partial charge in [0.2, 0.25) is 5.91 Å². The van der Waals surface area contributed by atoms with Gasteiger partial charge in [0, 0.05) is 15.8 Å². The van der Waals surface area contributed by atoms with E-state index in [4.69, 9.17) is 5.73 Å². The molecule has 7 heteroatoms. The summed E-state index contributed by atoms with van der Waals surface area (Å²) in [4.78, 5) is 15.9. The Bertz CT molecular complexity index is 749. The molecular weight excluding hydrogens is 483 g/mol. The van der Waals surface area contributed by atoms with E-state index in [1.807, 2.05) is 56.3 Å². The molecule has 0 aliphatic carbocycles. The van der Waals surface area contributed by atoms with Gasteiger partial charge in [0.05, 0.1) is 0 Å². The van der Waals surface area contributed by atoms with Gasteiger partial charge in [-0.3, -0.25) is 4.79 Å². The Morgan fingerprint density at radius 3 is 2.46 bits per heavy atom. The van der Waals surface area contributed by atoms with Crippen molar-refractivity contribution >= 4 is 63.1 Å². The molecule has 2 aromatic rings. The van der Waals surface area contributed by atoms with Gasteiger partial charge in [-0.1, -0.05) is 28.1 Å². The largest absolute Gasteiger partial charge is 0.370 e. The lowest BCUT2D eigenvalue weighted by molar-refractivity contribution is -0.114. The number of hydrogen-bond donors (Lipinski definition) is 3. The molecule has 0 bridgehead atoms. The number of anilines is 2. The van der Waals surface area contributed by atoms with Gasteiger partial charge in [0.25, 0.3) is 0 Å². The highest BCUT2D eigenvalue weighted by Gasteiger charge is 2.03. The van der Waals surface area contributed by atoms with Crippen LogP contribution in [0.3, 0.4) is 0 Å². The van der Waals surface area contributed by atoms with E-state index >= 15 is 0 Å². The van der Waals surface area contributed by atoms with Crippen molar-refractivity contribution in [1.82, 2.24) is 0 Å². The number of nitrogens with zero attached hydrogens (tertiary/aromatic N) is 1. The highest BCUT2D eigenvalue weighted by Crippen LogP contribution is 2.15. The molecule has 0 atom stereocenters. The van der Waals surface area contributed by atoms with Crippen LogP contribution >= 0.6 is 39.9 Å². The van der Waals surface area contributed by atoms with Gasteiger partial charge in [-0.25, -0.2) is 4.99 Å². The van der Waals surface area contributed by atoms with Crippen LogP contribution in [0.15, 0.2) is 51.9 Å².